The van der Waals surface area contributed by atoms with Crippen molar-refractivity contribution in [3.05, 3.63) is 28.8 Å². The lowest BCUT2D eigenvalue weighted by molar-refractivity contribution is 0.0696. The molecule has 72 valence electrons. The van der Waals surface area contributed by atoms with E-state index in [1.165, 1.54) is 12.1 Å². The molecule has 3 nitrogen and oxygen atoms in total. The van der Waals surface area contributed by atoms with E-state index in [1.54, 1.807) is 0 Å². The Bertz CT molecular complexity index is 421. The van der Waals surface area contributed by atoms with Crippen LogP contribution in [0.5, 0.6) is 0 Å². The summed E-state index contributed by atoms with van der Waals surface area (Å²) >= 11 is 4.08. The molecule has 0 spiro atoms. The molecule has 0 heterocycles. The Morgan fingerprint density at radius 1 is 1.64 bits per heavy atom. The molecule has 0 fully saturated rings. The Morgan fingerprint density at radius 2 is 2.29 bits per heavy atom. The van der Waals surface area contributed by atoms with Crippen LogP contribution in [0.3, 0.4) is 0 Å². The molecule has 0 radical (unpaired) electrons. The molecule has 0 bridgehead atoms. The van der Waals surface area contributed by atoms with Gasteiger partial charge in [-0.1, -0.05) is 6.92 Å². The van der Waals surface area contributed by atoms with Gasteiger partial charge in [0.2, 0.25) is 0 Å². The van der Waals surface area contributed by atoms with Gasteiger partial charge in [0.25, 0.3) is 0 Å². The summed E-state index contributed by atoms with van der Waals surface area (Å²) in [6.45, 7) is 1.87. The molecule has 14 heavy (non-hydrogen) atoms. The molecule has 0 amide bonds. The molecule has 0 aliphatic heterocycles. The van der Waals surface area contributed by atoms with Gasteiger partial charge in [0.05, 0.1) is 11.1 Å². The van der Waals surface area contributed by atoms with Gasteiger partial charge in [-0.05, 0) is 24.1 Å². The van der Waals surface area contributed by atoms with Gasteiger partial charge in [-0.25, -0.2) is 4.79 Å². The van der Waals surface area contributed by atoms with Gasteiger partial charge in [0, 0.05) is 4.90 Å². The molecule has 0 saturated heterocycles. The second-order valence-electron chi connectivity index (χ2n) is 2.80. The predicted octanol–water partition coefficient (Wildman–Crippen LogP) is 2.11. The number of hydrogen-bond acceptors (Lipinski definition) is 3. The van der Waals surface area contributed by atoms with Crippen LogP contribution in [0, 0.1) is 11.3 Å². The number of thiol groups is 1. The van der Waals surface area contributed by atoms with E-state index in [1.807, 2.05) is 13.0 Å². The van der Waals surface area contributed by atoms with Crippen LogP contribution in [-0.2, 0) is 6.42 Å². The van der Waals surface area contributed by atoms with Crippen molar-refractivity contribution in [2.45, 2.75) is 18.2 Å². The maximum Gasteiger partial charge on any atom is 0.335 e. The van der Waals surface area contributed by atoms with Crippen LogP contribution >= 0.6 is 12.6 Å². The minimum atomic E-state index is -1.00. The fourth-order valence-corrected chi connectivity index (χ4v) is 1.55. The van der Waals surface area contributed by atoms with Crippen LogP contribution in [0.15, 0.2) is 17.0 Å². The number of aryl methyl sites for hydroxylation is 1. The van der Waals surface area contributed by atoms with E-state index in [9.17, 15) is 4.79 Å². The fraction of sp³-hybridized carbons (Fsp3) is 0.200. The number of aromatic carboxylic acids is 1. The number of hydrogen-bond donors (Lipinski definition) is 2. The molecule has 0 unspecified atom stereocenters. The Kier molecular flexibility index (Phi) is 3.15. The molecule has 1 N–H and O–H groups in total. The van der Waals surface area contributed by atoms with Crippen molar-refractivity contribution in [3.8, 4) is 6.07 Å². The van der Waals surface area contributed by atoms with Crippen LogP contribution in [0.25, 0.3) is 0 Å². The zero-order valence-corrected chi connectivity index (χ0v) is 8.51. The third kappa shape index (κ3) is 1.88. The summed E-state index contributed by atoms with van der Waals surface area (Å²) < 4.78 is 0. The summed E-state index contributed by atoms with van der Waals surface area (Å²) in [5, 5.41) is 17.6. The first-order valence-corrected chi connectivity index (χ1v) is 4.54. The van der Waals surface area contributed by atoms with E-state index in [4.69, 9.17) is 10.4 Å². The molecule has 0 aliphatic rings. The topological polar surface area (TPSA) is 61.1 Å². The van der Waals surface area contributed by atoms with Crippen molar-refractivity contribution < 1.29 is 9.90 Å². The van der Waals surface area contributed by atoms with Crippen molar-refractivity contribution >= 4 is 18.6 Å². The molecule has 4 heteroatoms. The summed E-state index contributed by atoms with van der Waals surface area (Å²) in [6.07, 6.45) is 0.623. The average Bonchev–Trinajstić information content (AvgIpc) is 2.16. The van der Waals surface area contributed by atoms with Crippen LogP contribution in [0.4, 0.5) is 0 Å². The van der Waals surface area contributed by atoms with E-state index in [2.05, 4.69) is 12.6 Å². The van der Waals surface area contributed by atoms with Crippen LogP contribution in [0.2, 0.25) is 0 Å². The van der Waals surface area contributed by atoms with Crippen molar-refractivity contribution in [1.82, 2.24) is 0 Å². The van der Waals surface area contributed by atoms with Crippen molar-refractivity contribution in [1.29, 1.82) is 5.26 Å². The highest BCUT2D eigenvalue weighted by atomic mass is 32.1. The Morgan fingerprint density at radius 3 is 2.71 bits per heavy atom. The second kappa shape index (κ2) is 4.16. The van der Waals surface area contributed by atoms with Gasteiger partial charge >= 0.3 is 5.97 Å². The van der Waals surface area contributed by atoms with E-state index < -0.39 is 5.97 Å². The van der Waals surface area contributed by atoms with Crippen LogP contribution in [-0.4, -0.2) is 11.1 Å². The number of carbonyl (C=O) groups is 1. The third-order valence-electron chi connectivity index (χ3n) is 1.94. The number of nitriles is 1. The fourth-order valence-electron chi connectivity index (χ4n) is 1.22. The monoisotopic (exact) mass is 207 g/mol. The number of rotatable bonds is 2. The zero-order chi connectivity index (χ0) is 10.7. The van der Waals surface area contributed by atoms with Gasteiger partial charge < -0.3 is 5.11 Å². The van der Waals surface area contributed by atoms with E-state index in [-0.39, 0.29) is 5.56 Å². The Balaban J connectivity index is 3.40. The number of nitrogens with zero attached hydrogens (tertiary/aromatic N) is 1. The van der Waals surface area contributed by atoms with Crippen molar-refractivity contribution in [3.63, 3.8) is 0 Å². The first kappa shape index (κ1) is 10.6. The van der Waals surface area contributed by atoms with Crippen LogP contribution < -0.4 is 0 Å². The molecule has 0 atom stereocenters. The SMILES string of the molecule is CCc1cc(C(=O)O)cc(S)c1C#N. The van der Waals surface area contributed by atoms with E-state index >= 15 is 0 Å². The minimum absolute atomic E-state index is 0.172. The molecule has 0 saturated carbocycles. The van der Waals surface area contributed by atoms with Crippen molar-refractivity contribution in [2.24, 2.45) is 0 Å². The lowest BCUT2D eigenvalue weighted by atomic mass is 10.0. The highest BCUT2D eigenvalue weighted by Gasteiger charge is 2.10. The molecule has 1 rings (SSSR count). The molecule has 1 aromatic rings. The lowest BCUT2D eigenvalue weighted by Gasteiger charge is -2.05. The average molecular weight is 207 g/mol. The smallest absolute Gasteiger partial charge is 0.335 e. The summed E-state index contributed by atoms with van der Waals surface area (Å²) in [7, 11) is 0. The standard InChI is InChI=1S/C10H9NO2S/c1-2-6-3-7(10(12)13)4-9(14)8(6)5-11/h3-4,14H,2H2,1H3,(H,12,13). The molecule has 0 aromatic heterocycles. The quantitative estimate of drug-likeness (QED) is 0.730. The van der Waals surface area contributed by atoms with Gasteiger partial charge in [-0.2, -0.15) is 5.26 Å². The summed E-state index contributed by atoms with van der Waals surface area (Å²) in [5.41, 5.74) is 1.35. The Hall–Kier alpha value is -1.47. The first-order chi connectivity index (χ1) is 6.60. The van der Waals surface area contributed by atoms with E-state index in [0.29, 0.717) is 16.9 Å². The summed E-state index contributed by atoms with van der Waals surface area (Å²) in [4.78, 5) is 11.1. The lowest BCUT2D eigenvalue weighted by Crippen LogP contribution is -2.00. The summed E-state index contributed by atoms with van der Waals surface area (Å²) in [6, 6.07) is 4.92. The van der Waals surface area contributed by atoms with Crippen molar-refractivity contribution in [2.75, 3.05) is 0 Å². The summed E-state index contributed by atoms with van der Waals surface area (Å²) in [5.74, 6) is -1.00. The van der Waals surface area contributed by atoms with Crippen LogP contribution in [0.1, 0.15) is 28.4 Å². The molecule has 0 aliphatic carbocycles. The normalized spacial score (nSPS) is 9.50. The second-order valence-corrected chi connectivity index (χ2v) is 3.28. The highest BCUT2D eigenvalue weighted by molar-refractivity contribution is 7.80. The predicted molar refractivity (Wildman–Crippen MR) is 54.7 cm³/mol. The maximum atomic E-state index is 10.7. The third-order valence-corrected chi connectivity index (χ3v) is 2.29. The molecular weight excluding hydrogens is 198 g/mol. The molecular formula is C10H9NO2S. The number of benzene rings is 1. The highest BCUT2D eigenvalue weighted by Crippen LogP contribution is 2.20. The van der Waals surface area contributed by atoms with Gasteiger partial charge in [0.15, 0.2) is 0 Å². The number of carboxylic acid groups (broad SMARTS) is 1. The number of carboxylic acids is 1. The van der Waals surface area contributed by atoms with Gasteiger partial charge in [0.1, 0.15) is 6.07 Å². The minimum Gasteiger partial charge on any atom is -0.478 e. The zero-order valence-electron chi connectivity index (χ0n) is 7.61. The largest absolute Gasteiger partial charge is 0.478 e. The maximum absolute atomic E-state index is 10.7. The van der Waals surface area contributed by atoms with E-state index in [0.717, 1.165) is 5.56 Å². The van der Waals surface area contributed by atoms with Gasteiger partial charge in [-0.3, -0.25) is 0 Å². The Labute approximate surface area is 87.4 Å². The van der Waals surface area contributed by atoms with Gasteiger partial charge in [-0.15, -0.1) is 12.6 Å². The molecule has 1 aromatic carbocycles. The first-order valence-electron chi connectivity index (χ1n) is 4.09.